The van der Waals surface area contributed by atoms with Gasteiger partial charge < -0.3 is 20.1 Å². The number of nitrogens with zero attached hydrogens (tertiary/aromatic N) is 2. The fourth-order valence-corrected chi connectivity index (χ4v) is 3.02. The number of nitrogens with one attached hydrogen (secondary N) is 1. The Labute approximate surface area is 149 Å². The summed E-state index contributed by atoms with van der Waals surface area (Å²) in [6.45, 7) is 0.377. The molecule has 1 aromatic carbocycles. The topological polar surface area (TPSA) is 116 Å². The summed E-state index contributed by atoms with van der Waals surface area (Å²) in [4.78, 5) is 49.5. The van der Waals surface area contributed by atoms with Crippen molar-refractivity contribution in [3.05, 3.63) is 35.9 Å². The summed E-state index contributed by atoms with van der Waals surface area (Å²) < 4.78 is 5.03. The van der Waals surface area contributed by atoms with Gasteiger partial charge in [-0.3, -0.25) is 9.69 Å². The van der Waals surface area contributed by atoms with Gasteiger partial charge in [0.2, 0.25) is 0 Å². The number of β-lactam (4-membered cyclic amide) rings is 1. The first kappa shape index (κ1) is 17.7. The Morgan fingerprint density at radius 1 is 1.23 bits per heavy atom. The van der Waals surface area contributed by atoms with Crippen molar-refractivity contribution in [3.8, 4) is 0 Å². The van der Waals surface area contributed by atoms with Crippen LogP contribution in [-0.4, -0.2) is 64.1 Å². The molecule has 9 nitrogen and oxygen atoms in total. The Kier molecular flexibility index (Phi) is 5.06. The van der Waals surface area contributed by atoms with Gasteiger partial charge in [0.15, 0.2) is 0 Å². The van der Waals surface area contributed by atoms with Gasteiger partial charge in [-0.25, -0.2) is 14.4 Å². The SMILES string of the molecule is O=C(N[C@H]1CN(C(=O)N2CCC[C@H]2C(=O)O)C1=O)OCc1ccccc1. The minimum absolute atomic E-state index is 0.000935. The van der Waals surface area contributed by atoms with Crippen LogP contribution in [0.25, 0.3) is 0 Å². The first-order chi connectivity index (χ1) is 12.5. The Morgan fingerprint density at radius 3 is 2.62 bits per heavy atom. The highest BCUT2D eigenvalue weighted by Gasteiger charge is 2.46. The molecule has 2 N–H and O–H groups in total. The molecule has 0 spiro atoms. The zero-order chi connectivity index (χ0) is 18.7. The van der Waals surface area contributed by atoms with Crippen LogP contribution in [0.1, 0.15) is 18.4 Å². The van der Waals surface area contributed by atoms with Gasteiger partial charge in [0.05, 0.1) is 6.54 Å². The lowest BCUT2D eigenvalue weighted by atomic mass is 10.1. The molecule has 2 fully saturated rings. The van der Waals surface area contributed by atoms with Crippen LogP contribution in [0.5, 0.6) is 0 Å². The van der Waals surface area contributed by atoms with Crippen molar-refractivity contribution in [2.24, 2.45) is 0 Å². The maximum Gasteiger partial charge on any atom is 0.408 e. The van der Waals surface area contributed by atoms with Crippen LogP contribution >= 0.6 is 0 Å². The lowest BCUT2D eigenvalue weighted by Crippen LogP contribution is -2.68. The van der Waals surface area contributed by atoms with E-state index in [2.05, 4.69) is 5.32 Å². The molecule has 2 saturated heterocycles. The summed E-state index contributed by atoms with van der Waals surface area (Å²) >= 11 is 0. The van der Waals surface area contributed by atoms with Crippen LogP contribution in [0.4, 0.5) is 9.59 Å². The van der Waals surface area contributed by atoms with E-state index in [0.717, 1.165) is 10.5 Å². The molecule has 0 bridgehead atoms. The van der Waals surface area contributed by atoms with Gasteiger partial charge in [0.1, 0.15) is 18.7 Å². The Bertz CT molecular complexity index is 722. The van der Waals surface area contributed by atoms with Gasteiger partial charge >= 0.3 is 18.1 Å². The molecule has 0 radical (unpaired) electrons. The Morgan fingerprint density at radius 2 is 1.96 bits per heavy atom. The molecular formula is C17H19N3O6. The summed E-state index contributed by atoms with van der Waals surface area (Å²) in [5, 5.41) is 11.5. The van der Waals surface area contributed by atoms with E-state index in [4.69, 9.17) is 9.84 Å². The summed E-state index contributed by atoms with van der Waals surface area (Å²) in [6.07, 6.45) is 0.207. The second-order valence-electron chi connectivity index (χ2n) is 6.18. The lowest BCUT2D eigenvalue weighted by Gasteiger charge is -2.39. The minimum Gasteiger partial charge on any atom is -0.480 e. The minimum atomic E-state index is -1.08. The number of amides is 4. The molecule has 2 aliphatic heterocycles. The molecule has 0 aliphatic carbocycles. The van der Waals surface area contributed by atoms with E-state index in [0.29, 0.717) is 19.4 Å². The number of aliphatic carboxylic acids is 1. The first-order valence-electron chi connectivity index (χ1n) is 8.29. The number of ether oxygens (including phenoxy) is 1. The van der Waals surface area contributed by atoms with Crippen LogP contribution in [0.2, 0.25) is 0 Å². The molecule has 1 aromatic rings. The smallest absolute Gasteiger partial charge is 0.408 e. The van der Waals surface area contributed by atoms with Crippen LogP contribution in [0.3, 0.4) is 0 Å². The van der Waals surface area contributed by atoms with Crippen molar-refractivity contribution in [2.45, 2.75) is 31.5 Å². The summed E-state index contributed by atoms with van der Waals surface area (Å²) in [5.41, 5.74) is 0.813. The van der Waals surface area contributed by atoms with E-state index in [1.54, 1.807) is 12.1 Å². The zero-order valence-electron chi connectivity index (χ0n) is 14.0. The predicted molar refractivity (Wildman–Crippen MR) is 88.0 cm³/mol. The highest BCUT2D eigenvalue weighted by atomic mass is 16.5. The summed E-state index contributed by atoms with van der Waals surface area (Å²) in [7, 11) is 0. The van der Waals surface area contributed by atoms with E-state index in [-0.39, 0.29) is 13.2 Å². The number of hydrogen-bond donors (Lipinski definition) is 2. The second-order valence-corrected chi connectivity index (χ2v) is 6.18. The number of rotatable bonds is 4. The third-order valence-corrected chi connectivity index (χ3v) is 4.45. The number of urea groups is 1. The normalized spacial score (nSPS) is 21.9. The van der Waals surface area contributed by atoms with Gasteiger partial charge in [0, 0.05) is 6.54 Å². The quantitative estimate of drug-likeness (QED) is 0.766. The monoisotopic (exact) mass is 361 g/mol. The van der Waals surface area contributed by atoms with E-state index < -0.39 is 36.1 Å². The van der Waals surface area contributed by atoms with Crippen LogP contribution in [0, 0.1) is 0 Å². The fourth-order valence-electron chi connectivity index (χ4n) is 3.02. The van der Waals surface area contributed by atoms with Crippen LogP contribution in [-0.2, 0) is 20.9 Å². The van der Waals surface area contributed by atoms with E-state index in [1.165, 1.54) is 4.90 Å². The average molecular weight is 361 g/mol. The number of carboxylic acids is 1. The molecule has 9 heteroatoms. The van der Waals surface area contributed by atoms with E-state index >= 15 is 0 Å². The van der Waals surface area contributed by atoms with E-state index in [9.17, 15) is 19.2 Å². The zero-order valence-corrected chi connectivity index (χ0v) is 14.0. The third-order valence-electron chi connectivity index (χ3n) is 4.45. The second kappa shape index (κ2) is 7.42. The molecule has 3 rings (SSSR count). The number of carboxylic acid groups (broad SMARTS) is 1. The lowest BCUT2D eigenvalue weighted by molar-refractivity contribution is -0.144. The standard InChI is InChI=1S/C17H19N3O6/c21-14-12(18-16(24)26-10-11-5-2-1-3-6-11)9-20(14)17(25)19-8-4-7-13(19)15(22)23/h1-3,5-6,12-13H,4,7-10H2,(H,18,24)(H,22,23)/t12-,13-/m0/s1. The predicted octanol–water partition coefficient (Wildman–Crippen LogP) is 0.793. The fraction of sp³-hybridized carbons (Fsp3) is 0.412. The largest absolute Gasteiger partial charge is 0.480 e. The molecule has 0 saturated carbocycles. The number of carbonyl (C=O) groups excluding carboxylic acids is 3. The summed E-state index contributed by atoms with van der Waals surface area (Å²) in [6, 6.07) is 6.71. The van der Waals surface area contributed by atoms with Crippen LogP contribution in [0.15, 0.2) is 30.3 Å². The molecule has 2 aliphatic rings. The van der Waals surface area contributed by atoms with Crippen molar-refractivity contribution in [3.63, 3.8) is 0 Å². The molecule has 2 heterocycles. The Hall–Kier alpha value is -3.10. The number of carbonyl (C=O) groups is 4. The Balaban J connectivity index is 1.47. The number of benzene rings is 1. The van der Waals surface area contributed by atoms with Crippen molar-refractivity contribution in [1.82, 2.24) is 15.1 Å². The van der Waals surface area contributed by atoms with Crippen molar-refractivity contribution < 1.29 is 29.0 Å². The average Bonchev–Trinajstić information content (AvgIpc) is 3.13. The molecule has 0 aromatic heterocycles. The van der Waals surface area contributed by atoms with Crippen molar-refractivity contribution >= 4 is 24.0 Å². The number of alkyl carbamates (subject to hydrolysis) is 1. The van der Waals surface area contributed by atoms with Gasteiger partial charge in [0.25, 0.3) is 5.91 Å². The molecule has 26 heavy (non-hydrogen) atoms. The maximum atomic E-state index is 12.3. The van der Waals surface area contributed by atoms with Gasteiger partial charge in [-0.1, -0.05) is 30.3 Å². The highest BCUT2D eigenvalue weighted by Crippen LogP contribution is 2.22. The van der Waals surface area contributed by atoms with Gasteiger partial charge in [-0.05, 0) is 18.4 Å². The molecular weight excluding hydrogens is 342 g/mol. The van der Waals surface area contributed by atoms with Gasteiger partial charge in [-0.2, -0.15) is 0 Å². The molecule has 0 unspecified atom stereocenters. The van der Waals surface area contributed by atoms with E-state index in [1.807, 2.05) is 18.2 Å². The molecule has 2 atom stereocenters. The number of likely N-dealkylation sites (tertiary alicyclic amines) is 2. The highest BCUT2D eigenvalue weighted by molar-refractivity contribution is 6.04. The van der Waals surface area contributed by atoms with Gasteiger partial charge in [-0.15, -0.1) is 0 Å². The number of imide groups is 1. The number of hydrogen-bond acceptors (Lipinski definition) is 5. The van der Waals surface area contributed by atoms with Crippen molar-refractivity contribution in [1.29, 1.82) is 0 Å². The van der Waals surface area contributed by atoms with Crippen molar-refractivity contribution in [2.75, 3.05) is 13.1 Å². The first-order valence-corrected chi connectivity index (χ1v) is 8.29. The summed E-state index contributed by atoms with van der Waals surface area (Å²) in [5.74, 6) is -1.65. The van der Waals surface area contributed by atoms with Crippen LogP contribution < -0.4 is 5.32 Å². The molecule has 4 amide bonds. The third kappa shape index (κ3) is 3.61. The maximum absolute atomic E-state index is 12.3. The molecule has 138 valence electrons.